The van der Waals surface area contributed by atoms with E-state index in [-0.39, 0.29) is 12.8 Å². The van der Waals surface area contributed by atoms with E-state index >= 15 is 0 Å². The van der Waals surface area contributed by atoms with Gasteiger partial charge in [0.1, 0.15) is 12.2 Å². The molecular formula is C12H24O9S2. The van der Waals surface area contributed by atoms with E-state index in [0.29, 0.717) is 0 Å². The number of carbonyl (C=O) groups is 1. The Bertz CT molecular complexity index is 608. The van der Waals surface area contributed by atoms with Crippen LogP contribution in [0.5, 0.6) is 0 Å². The summed E-state index contributed by atoms with van der Waals surface area (Å²) < 4.78 is 48.2. The number of aliphatic hydroxyl groups is 4. The Hall–Kier alpha value is -0.590. The fraction of sp³-hybridized carbons (Fsp3) is 0.917. The highest BCUT2D eigenvalue weighted by Gasteiger charge is 2.60. The molecule has 0 unspecified atom stereocenters. The van der Waals surface area contributed by atoms with Crippen molar-refractivity contribution in [1.29, 1.82) is 0 Å². The van der Waals surface area contributed by atoms with Crippen LogP contribution in [0.15, 0.2) is 0 Å². The largest absolute Gasteiger partial charge is 0.391 e. The molecule has 0 aliphatic carbocycles. The van der Waals surface area contributed by atoms with Crippen molar-refractivity contribution in [2.45, 2.75) is 56.9 Å². The van der Waals surface area contributed by atoms with E-state index in [1.165, 1.54) is 13.8 Å². The fourth-order valence-electron chi connectivity index (χ4n) is 1.94. The second kappa shape index (κ2) is 7.99. The predicted octanol–water partition coefficient (Wildman–Crippen LogP) is -2.05. The topological polar surface area (TPSA) is 166 Å². The second-order valence-electron chi connectivity index (χ2n) is 5.30. The van der Waals surface area contributed by atoms with Crippen LogP contribution in [0.2, 0.25) is 0 Å². The van der Waals surface area contributed by atoms with Gasteiger partial charge in [0.05, 0.1) is 17.6 Å². The van der Waals surface area contributed by atoms with E-state index in [0.717, 1.165) is 6.92 Å². The Labute approximate surface area is 135 Å². The Morgan fingerprint density at radius 2 is 1.43 bits per heavy atom. The zero-order chi connectivity index (χ0) is 18.6. The van der Waals surface area contributed by atoms with Crippen molar-refractivity contribution in [2.24, 2.45) is 0 Å². The molecule has 0 aromatic heterocycles. The van der Waals surface area contributed by atoms with Crippen LogP contribution in [-0.2, 0) is 24.5 Å². The van der Waals surface area contributed by atoms with Crippen molar-refractivity contribution in [3.63, 3.8) is 0 Å². The maximum Gasteiger partial charge on any atom is 0.296 e. The molecule has 0 radical (unpaired) electrons. The molecule has 23 heavy (non-hydrogen) atoms. The smallest absolute Gasteiger partial charge is 0.296 e. The number of hydrogen-bond donors (Lipinski definition) is 4. The lowest BCUT2D eigenvalue weighted by molar-refractivity contribution is -0.144. The molecule has 4 atom stereocenters. The minimum atomic E-state index is -4.84. The van der Waals surface area contributed by atoms with Gasteiger partial charge >= 0.3 is 0 Å². The molecule has 0 bridgehead atoms. The van der Waals surface area contributed by atoms with Gasteiger partial charge in [-0.2, -0.15) is 0 Å². The third-order valence-electron chi connectivity index (χ3n) is 3.21. The minimum absolute atomic E-state index is 0.0208. The summed E-state index contributed by atoms with van der Waals surface area (Å²) in [5.41, 5.74) is 0. The van der Waals surface area contributed by atoms with Crippen molar-refractivity contribution in [3.8, 4) is 0 Å². The lowest BCUT2D eigenvalue weighted by Crippen LogP contribution is -2.63. The summed E-state index contributed by atoms with van der Waals surface area (Å²) in [7, 11) is -9.54. The van der Waals surface area contributed by atoms with Crippen LogP contribution >= 0.6 is 0 Å². The lowest BCUT2D eigenvalue weighted by atomic mass is 10.0. The predicted molar refractivity (Wildman–Crippen MR) is 81.8 cm³/mol. The molecule has 0 aliphatic heterocycles. The number of hydrogen-bond acceptors (Lipinski definition) is 9. The van der Waals surface area contributed by atoms with Gasteiger partial charge < -0.3 is 20.4 Å². The van der Waals surface area contributed by atoms with E-state index in [1.807, 2.05) is 0 Å². The first-order valence-corrected chi connectivity index (χ1v) is 10.4. The fourth-order valence-corrected chi connectivity index (χ4v) is 5.60. The van der Waals surface area contributed by atoms with Crippen molar-refractivity contribution < 1.29 is 42.1 Å². The third kappa shape index (κ3) is 4.48. The summed E-state index contributed by atoms with van der Waals surface area (Å²) in [4.78, 5) is 8.44. The van der Waals surface area contributed by atoms with E-state index in [9.17, 15) is 42.1 Å². The molecule has 0 saturated carbocycles. The zero-order valence-electron chi connectivity index (χ0n) is 13.2. The average molecular weight is 376 g/mol. The maximum atomic E-state index is 12.2. The van der Waals surface area contributed by atoms with Crippen LogP contribution in [0.25, 0.3) is 0 Å². The number of sulfone groups is 2. The van der Waals surface area contributed by atoms with Gasteiger partial charge in [-0.3, -0.25) is 4.79 Å². The third-order valence-corrected chi connectivity index (χ3v) is 7.49. The van der Waals surface area contributed by atoms with E-state index in [1.54, 1.807) is 0 Å². The zero-order valence-corrected chi connectivity index (χ0v) is 14.8. The summed E-state index contributed by atoms with van der Waals surface area (Å²) in [6.07, 6.45) is -6.77. The standard InChI is InChI=1S/C12H24O9S2/c1-4-6-22(18,19)11(16)12(17,23(20,21)7-5-2)10(15)9(14)8(3)13/h8-10,13-15,17H,4-7H2,1-3H3/t8-,9-,10+,12-/m0/s1. The van der Waals surface area contributed by atoms with Gasteiger partial charge in [-0.1, -0.05) is 13.8 Å². The van der Waals surface area contributed by atoms with Gasteiger partial charge in [0.15, 0.2) is 9.84 Å². The van der Waals surface area contributed by atoms with Gasteiger partial charge in [0, 0.05) is 0 Å². The number of carbonyl (C=O) groups excluding carboxylic acids is 1. The normalized spacial score (nSPS) is 19.6. The molecule has 0 fully saturated rings. The molecule has 0 aliphatic rings. The quantitative estimate of drug-likeness (QED) is 0.354. The molecular weight excluding hydrogens is 352 g/mol. The molecule has 0 aromatic rings. The first-order valence-electron chi connectivity index (χ1n) is 7.05. The summed E-state index contributed by atoms with van der Waals surface area (Å²) >= 11 is 0. The molecule has 0 amide bonds. The van der Waals surface area contributed by atoms with Gasteiger partial charge in [0.25, 0.3) is 10.0 Å². The number of rotatable bonds is 9. The Morgan fingerprint density at radius 3 is 1.78 bits per heavy atom. The molecule has 0 rings (SSSR count). The highest BCUT2D eigenvalue weighted by Crippen LogP contribution is 2.28. The van der Waals surface area contributed by atoms with Crippen LogP contribution in [0.4, 0.5) is 0 Å². The maximum absolute atomic E-state index is 12.2. The first-order chi connectivity index (χ1) is 10.3. The van der Waals surface area contributed by atoms with Crippen molar-refractivity contribution in [3.05, 3.63) is 0 Å². The molecule has 0 spiro atoms. The van der Waals surface area contributed by atoms with Crippen LogP contribution in [0, 0.1) is 0 Å². The van der Waals surface area contributed by atoms with Gasteiger partial charge in [-0.05, 0) is 19.8 Å². The molecule has 4 N–H and O–H groups in total. The number of aliphatic hydroxyl groups excluding tert-OH is 3. The summed E-state index contributed by atoms with van der Waals surface area (Å²) in [6.45, 7) is 3.80. The summed E-state index contributed by atoms with van der Waals surface area (Å²) in [6, 6.07) is 0. The van der Waals surface area contributed by atoms with Crippen LogP contribution in [-0.4, -0.2) is 77.1 Å². The van der Waals surface area contributed by atoms with E-state index in [4.69, 9.17) is 0 Å². The lowest BCUT2D eigenvalue weighted by Gasteiger charge is -2.34. The van der Waals surface area contributed by atoms with Crippen molar-refractivity contribution in [2.75, 3.05) is 11.5 Å². The second-order valence-corrected chi connectivity index (χ2v) is 9.57. The Kier molecular flexibility index (Phi) is 7.79. The van der Waals surface area contributed by atoms with Gasteiger partial charge in [0.2, 0.25) is 9.84 Å². The molecule has 0 saturated heterocycles. The molecule has 9 nitrogen and oxygen atoms in total. The molecule has 0 aromatic carbocycles. The van der Waals surface area contributed by atoms with Gasteiger partial charge in [-0.25, -0.2) is 16.8 Å². The average Bonchev–Trinajstić information content (AvgIpc) is 2.43. The van der Waals surface area contributed by atoms with E-state index in [2.05, 4.69) is 0 Å². The van der Waals surface area contributed by atoms with Gasteiger partial charge in [-0.15, -0.1) is 0 Å². The molecule has 11 heteroatoms. The SMILES string of the molecule is CCCS(=O)(=O)C(=O)[C@](O)([C@H](O)[C@@H](O)[C@H](C)O)S(=O)(=O)CCC. The van der Waals surface area contributed by atoms with E-state index < -0.39 is 59.5 Å². The highest BCUT2D eigenvalue weighted by atomic mass is 32.2. The summed E-state index contributed by atoms with van der Waals surface area (Å²) in [5, 5.41) is 37.1. The highest BCUT2D eigenvalue weighted by molar-refractivity contribution is 8.08. The van der Waals surface area contributed by atoms with Crippen molar-refractivity contribution >= 4 is 24.8 Å². The van der Waals surface area contributed by atoms with Crippen LogP contribution in [0.1, 0.15) is 33.6 Å². The molecule has 0 heterocycles. The first kappa shape index (κ1) is 22.4. The summed E-state index contributed by atoms with van der Waals surface area (Å²) in [5.74, 6) is -1.52. The van der Waals surface area contributed by atoms with Crippen molar-refractivity contribution in [1.82, 2.24) is 0 Å². The van der Waals surface area contributed by atoms with Crippen LogP contribution < -0.4 is 0 Å². The monoisotopic (exact) mass is 376 g/mol. The Balaban J connectivity index is 6.29. The van der Waals surface area contributed by atoms with Crippen LogP contribution in [0.3, 0.4) is 0 Å². The Morgan fingerprint density at radius 1 is 1.00 bits per heavy atom. The minimum Gasteiger partial charge on any atom is -0.391 e. The molecule has 138 valence electrons.